The van der Waals surface area contributed by atoms with Crippen LogP contribution in [0.25, 0.3) is 0 Å². The highest BCUT2D eigenvalue weighted by Crippen LogP contribution is 2.48. The van der Waals surface area contributed by atoms with E-state index < -0.39 is 10.8 Å². The molecule has 1 aliphatic heterocycles. The molecule has 28 heavy (non-hydrogen) atoms. The maximum Gasteiger partial charge on any atom is 0.259 e. The first-order valence-corrected chi connectivity index (χ1v) is 9.22. The third-order valence-corrected chi connectivity index (χ3v) is 5.70. The van der Waals surface area contributed by atoms with Gasteiger partial charge in [0.25, 0.3) is 5.91 Å². The summed E-state index contributed by atoms with van der Waals surface area (Å²) in [5.74, 6) is -0.649. The Bertz CT molecular complexity index is 1000. The molecule has 2 aliphatic carbocycles. The second-order valence-electron chi connectivity index (χ2n) is 7.87. The Morgan fingerprint density at radius 1 is 1.29 bits per heavy atom. The minimum Gasteiger partial charge on any atom is -0.507 e. The molecule has 0 spiro atoms. The van der Waals surface area contributed by atoms with Gasteiger partial charge in [0.1, 0.15) is 11.6 Å². The number of para-hydroxylation sites is 1. The molecule has 0 saturated carbocycles. The average molecular weight is 379 g/mol. The number of phenols is 1. The molecule has 0 aromatic heterocycles. The van der Waals surface area contributed by atoms with Gasteiger partial charge in [-0.15, -0.1) is 0 Å². The van der Waals surface area contributed by atoms with E-state index in [1.54, 1.807) is 24.3 Å². The molecule has 1 amide bonds. The number of phenolic OH excluding ortho intramolecular Hbond substituents is 1. The lowest BCUT2D eigenvalue weighted by atomic mass is 9.64. The zero-order valence-corrected chi connectivity index (χ0v) is 15.8. The number of carbonyl (C=O) groups excluding carboxylic acids is 1. The van der Waals surface area contributed by atoms with E-state index in [0.29, 0.717) is 12.8 Å². The van der Waals surface area contributed by atoms with Crippen molar-refractivity contribution in [1.29, 1.82) is 0 Å². The van der Waals surface area contributed by atoms with Crippen LogP contribution in [0.15, 0.2) is 77.0 Å². The molecule has 3 aliphatic rings. The standard InChI is InChI=1S/C22H22FN3O2/c1-21(11-9-14(23)10-12-21)20-22(2)13-15(7-8-18(22)25-26-20)24-19(28)16-5-3-4-6-17(16)27/h3-11,25,27H,12-13H2,1-2H3,(H,24,28). The molecule has 2 unspecified atom stereocenters. The molecule has 3 N–H and O–H groups in total. The number of hydrogen-bond acceptors (Lipinski definition) is 4. The highest BCUT2D eigenvalue weighted by Gasteiger charge is 2.48. The van der Waals surface area contributed by atoms with Crippen LogP contribution in [0.3, 0.4) is 0 Å². The van der Waals surface area contributed by atoms with E-state index in [1.807, 2.05) is 25.2 Å². The number of rotatable bonds is 3. The van der Waals surface area contributed by atoms with E-state index in [-0.39, 0.29) is 23.0 Å². The van der Waals surface area contributed by atoms with Gasteiger partial charge < -0.3 is 10.4 Å². The Hall–Kier alpha value is -3.15. The highest BCUT2D eigenvalue weighted by atomic mass is 19.1. The van der Waals surface area contributed by atoms with Gasteiger partial charge in [0, 0.05) is 23.2 Å². The molecule has 1 aromatic rings. The highest BCUT2D eigenvalue weighted by molar-refractivity contribution is 6.01. The number of fused-ring (bicyclic) bond motifs is 1. The SMILES string of the molecule is CC1(C2=NNC3=CC=C(NC(=O)c4ccccc4O)CC32C)C=CC(F)=CC1. The Labute approximate surface area is 163 Å². The Morgan fingerprint density at radius 3 is 2.79 bits per heavy atom. The van der Waals surface area contributed by atoms with Crippen LogP contribution in [0.5, 0.6) is 5.75 Å². The number of allylic oxidation sites excluding steroid dienone is 8. The van der Waals surface area contributed by atoms with Crippen molar-refractivity contribution >= 4 is 11.6 Å². The number of hydrogen-bond donors (Lipinski definition) is 3. The number of aromatic hydroxyl groups is 1. The van der Waals surface area contributed by atoms with Gasteiger partial charge >= 0.3 is 0 Å². The van der Waals surface area contributed by atoms with Crippen LogP contribution in [-0.4, -0.2) is 16.7 Å². The second-order valence-corrected chi connectivity index (χ2v) is 7.87. The van der Waals surface area contributed by atoms with E-state index in [0.717, 1.165) is 17.1 Å². The van der Waals surface area contributed by atoms with Crippen LogP contribution in [0.2, 0.25) is 0 Å². The van der Waals surface area contributed by atoms with E-state index in [9.17, 15) is 14.3 Å². The molecule has 4 rings (SSSR count). The molecule has 0 saturated heterocycles. The first-order chi connectivity index (χ1) is 13.3. The summed E-state index contributed by atoms with van der Waals surface area (Å²) in [5.41, 5.74) is 5.09. The van der Waals surface area contributed by atoms with E-state index in [1.165, 1.54) is 12.1 Å². The summed E-state index contributed by atoms with van der Waals surface area (Å²) in [6, 6.07) is 6.44. The summed E-state index contributed by atoms with van der Waals surface area (Å²) >= 11 is 0. The molecule has 0 fully saturated rings. The van der Waals surface area contributed by atoms with Gasteiger partial charge in [0.2, 0.25) is 0 Å². The normalized spacial score (nSPS) is 28.4. The minimum atomic E-state index is -0.434. The fourth-order valence-corrected chi connectivity index (χ4v) is 4.12. The van der Waals surface area contributed by atoms with Gasteiger partial charge in [-0.3, -0.25) is 10.2 Å². The quantitative estimate of drug-likeness (QED) is 0.741. The number of amides is 1. The summed E-state index contributed by atoms with van der Waals surface area (Å²) in [5, 5.41) is 17.4. The zero-order chi connectivity index (χ0) is 19.9. The number of benzene rings is 1. The van der Waals surface area contributed by atoms with E-state index >= 15 is 0 Å². The maximum absolute atomic E-state index is 13.5. The fourth-order valence-electron chi connectivity index (χ4n) is 4.12. The van der Waals surface area contributed by atoms with Gasteiger partial charge in [-0.25, -0.2) is 4.39 Å². The first kappa shape index (κ1) is 18.2. The third kappa shape index (κ3) is 2.95. The number of nitrogens with zero attached hydrogens (tertiary/aromatic N) is 1. The smallest absolute Gasteiger partial charge is 0.259 e. The molecular weight excluding hydrogens is 357 g/mol. The summed E-state index contributed by atoms with van der Waals surface area (Å²) in [6.07, 6.45) is 9.74. The third-order valence-electron chi connectivity index (χ3n) is 5.70. The van der Waals surface area contributed by atoms with Crippen LogP contribution in [0.4, 0.5) is 4.39 Å². The molecule has 1 aromatic carbocycles. The van der Waals surface area contributed by atoms with Crippen molar-refractivity contribution in [3.63, 3.8) is 0 Å². The molecule has 0 radical (unpaired) electrons. The van der Waals surface area contributed by atoms with Crippen molar-refractivity contribution < 1.29 is 14.3 Å². The van der Waals surface area contributed by atoms with Crippen molar-refractivity contribution in [3.8, 4) is 5.75 Å². The molecule has 144 valence electrons. The van der Waals surface area contributed by atoms with Crippen LogP contribution in [0, 0.1) is 10.8 Å². The van der Waals surface area contributed by atoms with Crippen molar-refractivity contribution in [1.82, 2.24) is 10.7 Å². The largest absolute Gasteiger partial charge is 0.507 e. The molecule has 5 nitrogen and oxygen atoms in total. The lowest BCUT2D eigenvalue weighted by Gasteiger charge is -2.38. The van der Waals surface area contributed by atoms with Crippen LogP contribution in [0.1, 0.15) is 37.0 Å². The van der Waals surface area contributed by atoms with Gasteiger partial charge in [-0.05, 0) is 49.8 Å². The van der Waals surface area contributed by atoms with Gasteiger partial charge in [-0.1, -0.05) is 25.1 Å². The van der Waals surface area contributed by atoms with Crippen LogP contribution >= 0.6 is 0 Å². The van der Waals surface area contributed by atoms with Gasteiger partial charge in [0.05, 0.1) is 16.7 Å². The lowest BCUT2D eigenvalue weighted by Crippen LogP contribution is -2.41. The summed E-state index contributed by atoms with van der Waals surface area (Å²) in [7, 11) is 0. The topological polar surface area (TPSA) is 73.7 Å². The second kappa shape index (κ2) is 6.48. The first-order valence-electron chi connectivity index (χ1n) is 9.22. The van der Waals surface area contributed by atoms with Crippen molar-refractivity contribution in [2.45, 2.75) is 26.7 Å². The molecule has 0 bridgehead atoms. The Morgan fingerprint density at radius 2 is 2.07 bits per heavy atom. The van der Waals surface area contributed by atoms with Gasteiger partial charge in [-0.2, -0.15) is 5.10 Å². The van der Waals surface area contributed by atoms with Crippen molar-refractivity contribution in [2.24, 2.45) is 15.9 Å². The molecule has 6 heteroatoms. The summed E-state index contributed by atoms with van der Waals surface area (Å²) < 4.78 is 13.5. The van der Waals surface area contributed by atoms with E-state index in [4.69, 9.17) is 0 Å². The Balaban J connectivity index is 1.57. The zero-order valence-electron chi connectivity index (χ0n) is 15.8. The molecule has 2 atom stereocenters. The number of halogens is 1. The van der Waals surface area contributed by atoms with Crippen molar-refractivity contribution in [2.75, 3.05) is 0 Å². The van der Waals surface area contributed by atoms with E-state index in [2.05, 4.69) is 22.8 Å². The predicted octanol–water partition coefficient (Wildman–Crippen LogP) is 4.08. The summed E-state index contributed by atoms with van der Waals surface area (Å²) in [4.78, 5) is 12.6. The predicted molar refractivity (Wildman–Crippen MR) is 106 cm³/mol. The fraction of sp³-hybridized carbons (Fsp3) is 0.273. The molecule has 1 heterocycles. The Kier molecular flexibility index (Phi) is 4.22. The maximum atomic E-state index is 13.5. The number of hydrazone groups is 1. The number of carbonyl (C=O) groups is 1. The monoisotopic (exact) mass is 379 g/mol. The van der Waals surface area contributed by atoms with Crippen LogP contribution in [-0.2, 0) is 0 Å². The average Bonchev–Trinajstić information content (AvgIpc) is 3.01. The van der Waals surface area contributed by atoms with Crippen LogP contribution < -0.4 is 10.7 Å². The summed E-state index contributed by atoms with van der Waals surface area (Å²) in [6.45, 7) is 4.12. The minimum absolute atomic E-state index is 0.0581. The molecular formula is C22H22FN3O2. The van der Waals surface area contributed by atoms with Gasteiger partial charge in [0.15, 0.2) is 0 Å². The van der Waals surface area contributed by atoms with Crippen molar-refractivity contribution in [3.05, 3.63) is 77.4 Å². The number of nitrogens with one attached hydrogen (secondary N) is 2. The lowest BCUT2D eigenvalue weighted by molar-refractivity contribution is 0.0960.